The maximum atomic E-state index is 12.0. The second kappa shape index (κ2) is 9.52. The molecule has 3 N–H and O–H groups in total. The summed E-state index contributed by atoms with van der Waals surface area (Å²) in [5, 5.41) is 3.00. The van der Waals surface area contributed by atoms with Crippen LogP contribution in [0.1, 0.15) is 45.1 Å². The van der Waals surface area contributed by atoms with Crippen LogP contribution in [0.5, 0.6) is 11.5 Å². The van der Waals surface area contributed by atoms with E-state index in [2.05, 4.69) is 5.32 Å². The molecule has 2 atom stereocenters. The number of hydrogen-bond acceptors (Lipinski definition) is 4. The molecular formula is C19H30N2O3. The summed E-state index contributed by atoms with van der Waals surface area (Å²) >= 11 is 0. The third-order valence-electron chi connectivity index (χ3n) is 4.51. The van der Waals surface area contributed by atoms with Crippen molar-refractivity contribution in [1.29, 1.82) is 0 Å². The van der Waals surface area contributed by atoms with Crippen LogP contribution >= 0.6 is 0 Å². The zero-order chi connectivity index (χ0) is 17.4. The first-order valence-electron chi connectivity index (χ1n) is 9.04. The molecule has 24 heavy (non-hydrogen) atoms. The van der Waals surface area contributed by atoms with E-state index in [4.69, 9.17) is 15.2 Å². The van der Waals surface area contributed by atoms with Gasteiger partial charge in [0, 0.05) is 19.0 Å². The third kappa shape index (κ3) is 5.41. The van der Waals surface area contributed by atoms with Gasteiger partial charge in [-0.15, -0.1) is 0 Å². The number of rotatable bonds is 9. The van der Waals surface area contributed by atoms with Gasteiger partial charge in [-0.1, -0.05) is 12.5 Å². The van der Waals surface area contributed by atoms with E-state index in [1.54, 1.807) is 0 Å². The van der Waals surface area contributed by atoms with E-state index >= 15 is 0 Å². The molecular weight excluding hydrogens is 304 g/mol. The van der Waals surface area contributed by atoms with E-state index in [-0.39, 0.29) is 11.9 Å². The summed E-state index contributed by atoms with van der Waals surface area (Å²) in [4.78, 5) is 12.0. The van der Waals surface area contributed by atoms with Crippen molar-refractivity contribution >= 4 is 5.91 Å². The van der Waals surface area contributed by atoms with Gasteiger partial charge in [0.2, 0.25) is 5.91 Å². The highest BCUT2D eigenvalue weighted by molar-refractivity contribution is 5.76. The van der Waals surface area contributed by atoms with Crippen molar-refractivity contribution in [2.75, 3.05) is 19.8 Å². The van der Waals surface area contributed by atoms with E-state index in [9.17, 15) is 4.79 Å². The number of nitrogens with one attached hydrogen (secondary N) is 1. The maximum absolute atomic E-state index is 12.0. The number of amides is 1. The minimum Gasteiger partial charge on any atom is -0.490 e. The predicted molar refractivity (Wildman–Crippen MR) is 95.4 cm³/mol. The molecule has 1 saturated carbocycles. The predicted octanol–water partition coefficient (Wildman–Crippen LogP) is 2.66. The maximum Gasteiger partial charge on any atom is 0.220 e. The molecule has 2 rings (SSSR count). The Morgan fingerprint density at radius 3 is 2.62 bits per heavy atom. The van der Waals surface area contributed by atoms with E-state index in [0.717, 1.165) is 42.7 Å². The smallest absolute Gasteiger partial charge is 0.220 e. The van der Waals surface area contributed by atoms with Crippen molar-refractivity contribution in [3.05, 3.63) is 23.8 Å². The van der Waals surface area contributed by atoms with Crippen LogP contribution in [-0.4, -0.2) is 31.7 Å². The SMILES string of the molecule is CCOc1ccc(CCNC(=O)C[C@@H]2CCC[C@H]2N)cc1OCC. The van der Waals surface area contributed by atoms with Crippen LogP contribution in [0.15, 0.2) is 18.2 Å². The Labute approximate surface area is 144 Å². The average Bonchev–Trinajstić information content (AvgIpc) is 2.95. The number of nitrogens with two attached hydrogens (primary N) is 1. The summed E-state index contributed by atoms with van der Waals surface area (Å²) in [6.07, 6.45) is 4.59. The van der Waals surface area contributed by atoms with Crippen LogP contribution in [0.4, 0.5) is 0 Å². The van der Waals surface area contributed by atoms with Gasteiger partial charge in [0.15, 0.2) is 11.5 Å². The third-order valence-corrected chi connectivity index (χ3v) is 4.51. The number of benzene rings is 1. The van der Waals surface area contributed by atoms with Crippen molar-refractivity contribution < 1.29 is 14.3 Å². The van der Waals surface area contributed by atoms with Crippen LogP contribution in [-0.2, 0) is 11.2 Å². The van der Waals surface area contributed by atoms with Crippen LogP contribution < -0.4 is 20.5 Å². The fourth-order valence-electron chi connectivity index (χ4n) is 3.23. The number of carbonyl (C=O) groups is 1. The minimum absolute atomic E-state index is 0.105. The molecule has 0 aromatic heterocycles. The highest BCUT2D eigenvalue weighted by atomic mass is 16.5. The lowest BCUT2D eigenvalue weighted by Gasteiger charge is -2.15. The molecule has 134 valence electrons. The summed E-state index contributed by atoms with van der Waals surface area (Å²) in [6.45, 7) is 5.74. The standard InChI is InChI=1S/C19H30N2O3/c1-3-23-17-9-8-14(12-18(17)24-4-2)10-11-21-19(22)13-15-6-5-7-16(15)20/h8-9,12,15-16H,3-7,10-11,13,20H2,1-2H3,(H,21,22)/t15-,16+/m0/s1. The molecule has 0 heterocycles. The lowest BCUT2D eigenvalue weighted by molar-refractivity contribution is -0.122. The lowest BCUT2D eigenvalue weighted by atomic mass is 10.00. The van der Waals surface area contributed by atoms with Gasteiger partial charge in [0.25, 0.3) is 0 Å². The summed E-state index contributed by atoms with van der Waals surface area (Å²) in [5.41, 5.74) is 7.15. The van der Waals surface area contributed by atoms with Crippen molar-refractivity contribution in [1.82, 2.24) is 5.32 Å². The van der Waals surface area contributed by atoms with Gasteiger partial charge < -0.3 is 20.5 Å². The lowest BCUT2D eigenvalue weighted by Crippen LogP contribution is -2.32. The fraction of sp³-hybridized carbons (Fsp3) is 0.632. The first-order chi connectivity index (χ1) is 11.6. The molecule has 1 aliphatic rings. The van der Waals surface area contributed by atoms with E-state index in [0.29, 0.717) is 32.1 Å². The fourth-order valence-corrected chi connectivity index (χ4v) is 3.23. The Hall–Kier alpha value is -1.75. The Kier molecular flexibility index (Phi) is 7.37. The molecule has 0 aliphatic heterocycles. The molecule has 0 spiro atoms. The molecule has 5 heteroatoms. The highest BCUT2D eigenvalue weighted by Crippen LogP contribution is 2.29. The molecule has 5 nitrogen and oxygen atoms in total. The summed E-state index contributed by atoms with van der Waals surface area (Å²) in [6, 6.07) is 6.14. The molecule has 1 fully saturated rings. The number of hydrogen-bond donors (Lipinski definition) is 2. The molecule has 1 aromatic carbocycles. The van der Waals surface area contributed by atoms with Crippen LogP contribution in [0.2, 0.25) is 0 Å². The van der Waals surface area contributed by atoms with Crippen molar-refractivity contribution in [2.45, 2.75) is 52.0 Å². The van der Waals surface area contributed by atoms with Gasteiger partial charge in [-0.05, 0) is 56.7 Å². The summed E-state index contributed by atoms with van der Waals surface area (Å²) in [5.74, 6) is 1.98. The van der Waals surface area contributed by atoms with Crippen LogP contribution in [0.25, 0.3) is 0 Å². The molecule has 0 unspecified atom stereocenters. The minimum atomic E-state index is 0.105. The van der Waals surface area contributed by atoms with Gasteiger partial charge in [0.1, 0.15) is 0 Å². The Bertz CT molecular complexity index is 533. The quantitative estimate of drug-likeness (QED) is 0.728. The average molecular weight is 334 g/mol. The molecule has 0 saturated heterocycles. The summed E-state index contributed by atoms with van der Waals surface area (Å²) < 4.78 is 11.2. The molecule has 0 radical (unpaired) electrons. The van der Waals surface area contributed by atoms with Crippen LogP contribution in [0, 0.1) is 5.92 Å². The monoisotopic (exact) mass is 334 g/mol. The Balaban J connectivity index is 1.80. The second-order valence-corrected chi connectivity index (χ2v) is 6.31. The largest absolute Gasteiger partial charge is 0.490 e. The van der Waals surface area contributed by atoms with Gasteiger partial charge in [-0.3, -0.25) is 4.79 Å². The highest BCUT2D eigenvalue weighted by Gasteiger charge is 2.25. The van der Waals surface area contributed by atoms with Gasteiger partial charge >= 0.3 is 0 Å². The normalized spacial score (nSPS) is 20.0. The van der Waals surface area contributed by atoms with E-state index in [1.807, 2.05) is 32.0 Å². The zero-order valence-electron chi connectivity index (χ0n) is 14.8. The van der Waals surface area contributed by atoms with Gasteiger partial charge in [-0.2, -0.15) is 0 Å². The van der Waals surface area contributed by atoms with E-state index in [1.165, 1.54) is 0 Å². The topological polar surface area (TPSA) is 73.6 Å². The number of ether oxygens (including phenoxy) is 2. The summed E-state index contributed by atoms with van der Waals surface area (Å²) in [7, 11) is 0. The van der Waals surface area contributed by atoms with Crippen molar-refractivity contribution in [3.63, 3.8) is 0 Å². The van der Waals surface area contributed by atoms with Crippen molar-refractivity contribution in [3.8, 4) is 11.5 Å². The second-order valence-electron chi connectivity index (χ2n) is 6.31. The Morgan fingerprint density at radius 2 is 1.96 bits per heavy atom. The first kappa shape index (κ1) is 18.6. The molecule has 1 aliphatic carbocycles. The molecule has 0 bridgehead atoms. The van der Waals surface area contributed by atoms with E-state index < -0.39 is 0 Å². The zero-order valence-corrected chi connectivity index (χ0v) is 14.8. The molecule has 1 aromatic rings. The Morgan fingerprint density at radius 1 is 1.21 bits per heavy atom. The van der Waals surface area contributed by atoms with Gasteiger partial charge in [0.05, 0.1) is 13.2 Å². The first-order valence-corrected chi connectivity index (χ1v) is 9.04. The van der Waals surface area contributed by atoms with Crippen molar-refractivity contribution in [2.24, 2.45) is 11.7 Å². The number of carbonyl (C=O) groups excluding carboxylic acids is 1. The van der Waals surface area contributed by atoms with Crippen LogP contribution in [0.3, 0.4) is 0 Å². The van der Waals surface area contributed by atoms with Gasteiger partial charge in [-0.25, -0.2) is 0 Å². The molecule has 1 amide bonds.